The number of aliphatic hydroxyl groups excluding tert-OH is 2. The molecular weight excluding hydrogens is 613 g/mol. The van der Waals surface area contributed by atoms with Gasteiger partial charge in [-0.3, -0.25) is 4.57 Å². The first-order valence-electron chi connectivity index (χ1n) is 19.2. The molecule has 0 saturated carbocycles. The van der Waals surface area contributed by atoms with E-state index in [1.807, 2.05) is 0 Å². The average molecular weight is 693 g/mol. The molecular formula is C37H79N3O6P+. The standard InChI is InChI=1S/C32H64N2O2.C5H14NO4P/c1-3-5-7-9-11-13-14-15-16-17-18-19-20-22-24-26-28-33-32(36)34(30-31-35)29-27-25-23-21-12-10-8-6-4-2;1-6(2,3)4-5(7)11(8,9)10/h15-16,35H,3-14,17-31H2,1-2H3,(H,33,36);5,7H,4H2,1-3H3,(H-,8,9,10)/p+1/b16-15-;. The Labute approximate surface area is 290 Å². The molecule has 0 bridgehead atoms. The van der Waals surface area contributed by atoms with E-state index in [9.17, 15) is 14.5 Å². The number of nitrogens with zero attached hydrogens (tertiary/aromatic N) is 2. The van der Waals surface area contributed by atoms with Crippen LogP contribution >= 0.6 is 7.60 Å². The highest BCUT2D eigenvalue weighted by Gasteiger charge is 2.31. The van der Waals surface area contributed by atoms with Crippen LogP contribution in [0, 0.1) is 0 Å². The summed E-state index contributed by atoms with van der Waals surface area (Å²) in [6.45, 7) is 6.57. The summed E-state index contributed by atoms with van der Waals surface area (Å²) in [7, 11) is 0.933. The van der Waals surface area contributed by atoms with Gasteiger partial charge in [0.1, 0.15) is 6.54 Å². The van der Waals surface area contributed by atoms with Crippen LogP contribution in [0.2, 0.25) is 0 Å². The van der Waals surface area contributed by atoms with Crippen molar-refractivity contribution in [2.24, 2.45) is 0 Å². The van der Waals surface area contributed by atoms with Gasteiger partial charge in [0, 0.05) is 19.6 Å². The minimum Gasteiger partial charge on any atom is -0.395 e. The molecule has 9 nitrogen and oxygen atoms in total. The van der Waals surface area contributed by atoms with Gasteiger partial charge in [-0.25, -0.2) is 4.79 Å². The van der Waals surface area contributed by atoms with E-state index in [1.165, 1.54) is 135 Å². The third-order valence-electron chi connectivity index (χ3n) is 8.25. The van der Waals surface area contributed by atoms with E-state index in [0.29, 0.717) is 11.0 Å². The van der Waals surface area contributed by atoms with Gasteiger partial charge in [-0.1, -0.05) is 135 Å². The minimum atomic E-state index is -4.31. The average Bonchev–Trinajstić information content (AvgIpc) is 3.00. The van der Waals surface area contributed by atoms with Crippen LogP contribution in [0.1, 0.15) is 162 Å². The second-order valence-electron chi connectivity index (χ2n) is 14.3. The Morgan fingerprint density at radius 3 is 1.47 bits per heavy atom. The zero-order valence-corrected chi connectivity index (χ0v) is 32.4. The molecule has 5 N–H and O–H groups in total. The molecule has 0 fully saturated rings. The quantitative estimate of drug-likeness (QED) is 0.0214. The highest BCUT2D eigenvalue weighted by atomic mass is 31.2. The number of hydrogen-bond acceptors (Lipinski definition) is 4. The molecule has 0 radical (unpaired) electrons. The summed E-state index contributed by atoms with van der Waals surface area (Å²) in [5.41, 5.74) is 0. The van der Waals surface area contributed by atoms with Gasteiger partial charge in [-0.15, -0.1) is 0 Å². The molecule has 0 heterocycles. The van der Waals surface area contributed by atoms with Crippen molar-refractivity contribution in [2.45, 2.75) is 167 Å². The number of likely N-dealkylation sites (N-methyl/N-ethyl adjacent to an activating group) is 1. The fourth-order valence-electron chi connectivity index (χ4n) is 5.32. The first kappa shape index (κ1) is 48.2. The minimum absolute atomic E-state index is 0.00337. The van der Waals surface area contributed by atoms with E-state index in [4.69, 9.17) is 14.9 Å². The van der Waals surface area contributed by atoms with Gasteiger partial charge in [0.25, 0.3) is 0 Å². The van der Waals surface area contributed by atoms with Gasteiger partial charge in [-0.05, 0) is 38.5 Å². The molecule has 47 heavy (non-hydrogen) atoms. The van der Waals surface area contributed by atoms with Gasteiger partial charge in [0.05, 0.1) is 27.7 Å². The predicted octanol–water partition coefficient (Wildman–Crippen LogP) is 8.75. The van der Waals surface area contributed by atoms with Crippen LogP contribution in [-0.2, 0) is 4.57 Å². The van der Waals surface area contributed by atoms with Crippen molar-refractivity contribution in [3.05, 3.63) is 12.2 Å². The van der Waals surface area contributed by atoms with Crippen LogP contribution in [0.15, 0.2) is 12.2 Å². The van der Waals surface area contributed by atoms with Crippen molar-refractivity contribution in [1.82, 2.24) is 10.2 Å². The molecule has 1 atom stereocenters. The molecule has 1 unspecified atom stereocenters. The van der Waals surface area contributed by atoms with Crippen LogP contribution in [0.5, 0.6) is 0 Å². The molecule has 0 aromatic carbocycles. The van der Waals surface area contributed by atoms with Crippen LogP contribution in [0.25, 0.3) is 0 Å². The molecule has 0 aliphatic heterocycles. The summed E-state index contributed by atoms with van der Waals surface area (Å²) in [4.78, 5) is 31.3. The monoisotopic (exact) mass is 693 g/mol. The van der Waals surface area contributed by atoms with Crippen LogP contribution < -0.4 is 5.32 Å². The van der Waals surface area contributed by atoms with E-state index >= 15 is 0 Å². The lowest BCUT2D eigenvalue weighted by Gasteiger charge is -2.26. The summed E-state index contributed by atoms with van der Waals surface area (Å²) in [5.74, 6) is -1.55. The normalized spacial score (nSPS) is 12.6. The number of amides is 2. The van der Waals surface area contributed by atoms with Crippen molar-refractivity contribution in [3.8, 4) is 0 Å². The molecule has 10 heteroatoms. The Hall–Kier alpha value is -0.960. The molecule has 0 aromatic heterocycles. The lowest BCUT2D eigenvalue weighted by atomic mass is 10.1. The number of urea groups is 1. The zero-order chi connectivity index (χ0) is 35.7. The number of carbonyl (C=O) groups is 1. The Morgan fingerprint density at radius 2 is 1.09 bits per heavy atom. The molecule has 0 spiro atoms. The molecule has 0 saturated heterocycles. The largest absolute Gasteiger partial charge is 0.395 e. The molecule has 2 amide bonds. The summed E-state index contributed by atoms with van der Waals surface area (Å²) in [6.07, 6.45) is 34.5. The first-order chi connectivity index (χ1) is 22.4. The molecule has 0 rings (SSSR count). The van der Waals surface area contributed by atoms with Crippen molar-refractivity contribution in [2.75, 3.05) is 53.9 Å². The number of carbonyl (C=O) groups excluding carboxylic acids is 1. The summed E-state index contributed by atoms with van der Waals surface area (Å²) in [6, 6.07) is -0.00337. The zero-order valence-electron chi connectivity index (χ0n) is 31.5. The van der Waals surface area contributed by atoms with Gasteiger partial charge >= 0.3 is 13.6 Å². The fourth-order valence-corrected chi connectivity index (χ4v) is 6.03. The predicted molar refractivity (Wildman–Crippen MR) is 200 cm³/mol. The Morgan fingerprint density at radius 1 is 0.681 bits per heavy atom. The van der Waals surface area contributed by atoms with Crippen LogP contribution in [-0.4, -0.2) is 95.2 Å². The van der Waals surface area contributed by atoms with E-state index in [-0.39, 0.29) is 19.2 Å². The number of nitrogens with one attached hydrogen (secondary N) is 1. The van der Waals surface area contributed by atoms with Crippen molar-refractivity contribution in [1.29, 1.82) is 0 Å². The van der Waals surface area contributed by atoms with E-state index in [1.54, 1.807) is 26.0 Å². The summed E-state index contributed by atoms with van der Waals surface area (Å²) in [5, 5.41) is 21.3. The van der Waals surface area contributed by atoms with Gasteiger partial charge in [-0.2, -0.15) is 0 Å². The van der Waals surface area contributed by atoms with E-state index < -0.39 is 13.4 Å². The van der Waals surface area contributed by atoms with E-state index in [0.717, 1.165) is 25.9 Å². The Kier molecular flexibility index (Phi) is 34.4. The van der Waals surface area contributed by atoms with Gasteiger partial charge < -0.3 is 34.7 Å². The second-order valence-corrected chi connectivity index (χ2v) is 16.0. The Bertz CT molecular complexity index is 757. The number of aliphatic hydroxyl groups is 2. The van der Waals surface area contributed by atoms with E-state index in [2.05, 4.69) is 31.3 Å². The number of rotatable bonds is 31. The Balaban J connectivity index is 0. The topological polar surface area (TPSA) is 130 Å². The van der Waals surface area contributed by atoms with Gasteiger partial charge in [0.2, 0.25) is 5.85 Å². The lowest BCUT2D eigenvalue weighted by molar-refractivity contribution is -0.872. The first-order valence-corrected chi connectivity index (χ1v) is 20.9. The van der Waals surface area contributed by atoms with Gasteiger partial charge in [0.15, 0.2) is 0 Å². The SMILES string of the molecule is CCCCCCCC/C=C\CCCCCCCCNC(=O)N(CCO)CCCCCCCCCCC.C[N+](C)(C)CC(O)P(=O)(O)O. The molecule has 0 aliphatic rings. The van der Waals surface area contributed by atoms with Crippen molar-refractivity contribution >= 4 is 13.6 Å². The number of allylic oxidation sites excluding steroid dienone is 2. The molecule has 282 valence electrons. The summed E-state index contributed by atoms with van der Waals surface area (Å²) >= 11 is 0. The highest BCUT2D eigenvalue weighted by molar-refractivity contribution is 7.52. The fraction of sp³-hybridized carbons (Fsp3) is 0.919. The third kappa shape index (κ3) is 37.7. The lowest BCUT2D eigenvalue weighted by Crippen LogP contribution is -2.42. The molecule has 0 aliphatic carbocycles. The maximum atomic E-state index is 12.5. The number of unbranched alkanes of at least 4 members (excludes halogenated alkanes) is 20. The molecule has 0 aromatic rings. The maximum absolute atomic E-state index is 12.5. The van der Waals surface area contributed by atoms with Crippen molar-refractivity contribution < 1.29 is 33.8 Å². The third-order valence-corrected chi connectivity index (χ3v) is 9.19. The second kappa shape index (κ2) is 33.5. The number of quaternary nitrogens is 1. The summed E-state index contributed by atoms with van der Waals surface area (Å²) < 4.78 is 10.8. The van der Waals surface area contributed by atoms with Crippen LogP contribution in [0.3, 0.4) is 0 Å². The maximum Gasteiger partial charge on any atom is 0.359 e. The van der Waals surface area contributed by atoms with Crippen LogP contribution in [0.4, 0.5) is 4.79 Å². The highest BCUT2D eigenvalue weighted by Crippen LogP contribution is 2.40. The smallest absolute Gasteiger partial charge is 0.359 e. The van der Waals surface area contributed by atoms with Crippen molar-refractivity contribution in [3.63, 3.8) is 0 Å². The number of hydrogen-bond donors (Lipinski definition) is 5.